The molecule has 0 radical (unpaired) electrons. The van der Waals surface area contributed by atoms with Gasteiger partial charge in [-0.05, 0) is 30.0 Å². The fraction of sp³-hybridized carbons (Fsp3) is 0.538. The molecular formula is C13H18N2O. The Bertz CT molecular complexity index is 386. The SMILES string of the molecule is Nc1cccc2c1CN(C1CCOC1)CC2. The number of hydrogen-bond acceptors (Lipinski definition) is 3. The van der Waals surface area contributed by atoms with Crippen molar-refractivity contribution in [2.45, 2.75) is 25.4 Å². The summed E-state index contributed by atoms with van der Waals surface area (Å²) in [4.78, 5) is 2.52. The molecule has 16 heavy (non-hydrogen) atoms. The van der Waals surface area contributed by atoms with E-state index in [4.69, 9.17) is 10.5 Å². The van der Waals surface area contributed by atoms with Crippen molar-refractivity contribution in [3.8, 4) is 0 Å². The van der Waals surface area contributed by atoms with Crippen LogP contribution >= 0.6 is 0 Å². The third kappa shape index (κ3) is 1.70. The maximum atomic E-state index is 6.04. The second-order valence-corrected chi connectivity index (χ2v) is 4.72. The zero-order chi connectivity index (χ0) is 11.0. The van der Waals surface area contributed by atoms with Crippen LogP contribution < -0.4 is 5.73 Å². The summed E-state index contributed by atoms with van der Waals surface area (Å²) in [6.07, 6.45) is 2.29. The van der Waals surface area contributed by atoms with E-state index in [-0.39, 0.29) is 0 Å². The number of nitrogen functional groups attached to an aromatic ring is 1. The predicted octanol–water partition coefficient (Wildman–Crippen LogP) is 1.42. The van der Waals surface area contributed by atoms with Gasteiger partial charge in [-0.3, -0.25) is 4.90 Å². The minimum Gasteiger partial charge on any atom is -0.398 e. The smallest absolute Gasteiger partial charge is 0.0622 e. The van der Waals surface area contributed by atoms with Crippen LogP contribution in [0.3, 0.4) is 0 Å². The van der Waals surface area contributed by atoms with E-state index < -0.39 is 0 Å². The number of rotatable bonds is 1. The zero-order valence-corrected chi connectivity index (χ0v) is 9.48. The summed E-state index contributed by atoms with van der Waals surface area (Å²) in [5.41, 5.74) is 9.75. The average molecular weight is 218 g/mol. The van der Waals surface area contributed by atoms with Crippen molar-refractivity contribution in [1.82, 2.24) is 4.90 Å². The van der Waals surface area contributed by atoms with Gasteiger partial charge in [0.15, 0.2) is 0 Å². The van der Waals surface area contributed by atoms with Crippen LogP contribution in [0.25, 0.3) is 0 Å². The highest BCUT2D eigenvalue weighted by Crippen LogP contribution is 2.27. The maximum absolute atomic E-state index is 6.04. The topological polar surface area (TPSA) is 38.5 Å². The quantitative estimate of drug-likeness (QED) is 0.724. The van der Waals surface area contributed by atoms with E-state index in [0.29, 0.717) is 6.04 Å². The number of anilines is 1. The lowest BCUT2D eigenvalue weighted by molar-refractivity contribution is 0.135. The molecule has 0 bridgehead atoms. The van der Waals surface area contributed by atoms with Crippen molar-refractivity contribution < 1.29 is 4.74 Å². The summed E-state index contributed by atoms with van der Waals surface area (Å²) >= 11 is 0. The van der Waals surface area contributed by atoms with Gasteiger partial charge in [-0.25, -0.2) is 0 Å². The van der Waals surface area contributed by atoms with E-state index in [9.17, 15) is 0 Å². The predicted molar refractivity (Wildman–Crippen MR) is 64.2 cm³/mol. The summed E-state index contributed by atoms with van der Waals surface area (Å²) in [6.45, 7) is 3.95. The number of nitrogens with two attached hydrogens (primary N) is 1. The van der Waals surface area contributed by atoms with Crippen LogP contribution in [-0.2, 0) is 17.7 Å². The van der Waals surface area contributed by atoms with Crippen LogP contribution in [0.4, 0.5) is 5.69 Å². The molecular weight excluding hydrogens is 200 g/mol. The van der Waals surface area contributed by atoms with E-state index in [1.165, 1.54) is 17.5 Å². The first-order valence-electron chi connectivity index (χ1n) is 6.02. The van der Waals surface area contributed by atoms with Gasteiger partial charge in [0.2, 0.25) is 0 Å². The molecule has 3 nitrogen and oxygen atoms in total. The second-order valence-electron chi connectivity index (χ2n) is 4.72. The third-order valence-corrected chi connectivity index (χ3v) is 3.76. The van der Waals surface area contributed by atoms with E-state index in [0.717, 1.165) is 38.4 Å². The Morgan fingerprint density at radius 3 is 3.12 bits per heavy atom. The lowest BCUT2D eigenvalue weighted by Crippen LogP contribution is -2.39. The Balaban J connectivity index is 1.82. The molecule has 2 aliphatic heterocycles. The average Bonchev–Trinajstić information content (AvgIpc) is 2.83. The molecule has 1 aromatic rings. The molecule has 3 rings (SSSR count). The van der Waals surface area contributed by atoms with Gasteiger partial charge in [0, 0.05) is 31.4 Å². The van der Waals surface area contributed by atoms with E-state index >= 15 is 0 Å². The van der Waals surface area contributed by atoms with Gasteiger partial charge in [0.1, 0.15) is 0 Å². The number of nitrogens with zero attached hydrogens (tertiary/aromatic N) is 1. The minimum absolute atomic E-state index is 0.604. The fourth-order valence-electron chi connectivity index (χ4n) is 2.75. The van der Waals surface area contributed by atoms with Gasteiger partial charge in [-0.2, -0.15) is 0 Å². The third-order valence-electron chi connectivity index (χ3n) is 3.76. The number of hydrogen-bond donors (Lipinski definition) is 1. The van der Waals surface area contributed by atoms with E-state index in [1.807, 2.05) is 6.07 Å². The van der Waals surface area contributed by atoms with Crippen molar-refractivity contribution in [3.63, 3.8) is 0 Å². The van der Waals surface area contributed by atoms with Gasteiger partial charge in [-0.1, -0.05) is 12.1 Å². The minimum atomic E-state index is 0.604. The molecule has 3 heteroatoms. The summed E-state index contributed by atoms with van der Waals surface area (Å²) in [5.74, 6) is 0. The largest absolute Gasteiger partial charge is 0.398 e. The highest BCUT2D eigenvalue weighted by Gasteiger charge is 2.27. The van der Waals surface area contributed by atoms with Crippen LogP contribution in [0.1, 0.15) is 17.5 Å². The highest BCUT2D eigenvalue weighted by atomic mass is 16.5. The highest BCUT2D eigenvalue weighted by molar-refractivity contribution is 5.51. The van der Waals surface area contributed by atoms with Crippen LogP contribution in [-0.4, -0.2) is 30.7 Å². The molecule has 1 fully saturated rings. The zero-order valence-electron chi connectivity index (χ0n) is 9.48. The normalized spacial score (nSPS) is 25.6. The molecule has 0 aromatic heterocycles. The first-order valence-corrected chi connectivity index (χ1v) is 6.02. The van der Waals surface area contributed by atoms with Crippen LogP contribution in [0.15, 0.2) is 18.2 Å². The van der Waals surface area contributed by atoms with Gasteiger partial charge in [-0.15, -0.1) is 0 Å². The molecule has 0 spiro atoms. The summed E-state index contributed by atoms with van der Waals surface area (Å²) in [6, 6.07) is 6.87. The Hall–Kier alpha value is -1.06. The second kappa shape index (κ2) is 4.07. The molecule has 0 aliphatic carbocycles. The molecule has 0 saturated carbocycles. The van der Waals surface area contributed by atoms with Gasteiger partial charge in [0.25, 0.3) is 0 Å². The van der Waals surface area contributed by atoms with Crippen molar-refractivity contribution in [2.24, 2.45) is 0 Å². The summed E-state index contributed by atoms with van der Waals surface area (Å²) in [5, 5.41) is 0. The van der Waals surface area contributed by atoms with Crippen molar-refractivity contribution >= 4 is 5.69 Å². The van der Waals surface area contributed by atoms with Crippen LogP contribution in [0, 0.1) is 0 Å². The molecule has 1 atom stereocenters. The Morgan fingerprint density at radius 2 is 2.31 bits per heavy atom. The Labute approximate surface area is 96.2 Å². The molecule has 0 amide bonds. The van der Waals surface area contributed by atoms with Crippen LogP contribution in [0.2, 0.25) is 0 Å². The Morgan fingerprint density at radius 1 is 1.38 bits per heavy atom. The molecule has 2 aliphatic rings. The van der Waals surface area contributed by atoms with Crippen molar-refractivity contribution in [3.05, 3.63) is 29.3 Å². The van der Waals surface area contributed by atoms with Gasteiger partial charge >= 0.3 is 0 Å². The monoisotopic (exact) mass is 218 g/mol. The summed E-state index contributed by atoms with van der Waals surface area (Å²) in [7, 11) is 0. The standard InChI is InChI=1S/C13H18N2O/c14-13-3-1-2-10-4-6-15(8-12(10)13)11-5-7-16-9-11/h1-3,11H,4-9,14H2. The molecule has 2 N–H and O–H groups in total. The molecule has 1 saturated heterocycles. The number of fused-ring (bicyclic) bond motifs is 1. The Kier molecular flexibility index (Phi) is 2.58. The van der Waals surface area contributed by atoms with Crippen molar-refractivity contribution in [2.75, 3.05) is 25.5 Å². The first kappa shape index (κ1) is 10.1. The molecule has 1 unspecified atom stereocenters. The fourth-order valence-corrected chi connectivity index (χ4v) is 2.75. The first-order chi connectivity index (χ1) is 7.84. The molecule has 86 valence electrons. The number of benzene rings is 1. The lowest BCUT2D eigenvalue weighted by Gasteiger charge is -2.33. The van der Waals surface area contributed by atoms with Gasteiger partial charge < -0.3 is 10.5 Å². The van der Waals surface area contributed by atoms with Gasteiger partial charge in [0.05, 0.1) is 6.61 Å². The summed E-state index contributed by atoms with van der Waals surface area (Å²) < 4.78 is 5.46. The number of ether oxygens (including phenoxy) is 1. The maximum Gasteiger partial charge on any atom is 0.0622 e. The van der Waals surface area contributed by atoms with E-state index in [1.54, 1.807) is 0 Å². The lowest BCUT2D eigenvalue weighted by atomic mass is 9.97. The van der Waals surface area contributed by atoms with Crippen molar-refractivity contribution in [1.29, 1.82) is 0 Å². The molecule has 1 aromatic carbocycles. The van der Waals surface area contributed by atoms with E-state index in [2.05, 4.69) is 17.0 Å². The molecule has 2 heterocycles. The van der Waals surface area contributed by atoms with Crippen LogP contribution in [0.5, 0.6) is 0 Å².